The molecule has 132 valence electrons. The van der Waals surface area contributed by atoms with Gasteiger partial charge >= 0.3 is 6.09 Å². The van der Waals surface area contributed by atoms with Gasteiger partial charge in [0.15, 0.2) is 6.61 Å². The van der Waals surface area contributed by atoms with E-state index in [1.807, 2.05) is 32.9 Å². The fourth-order valence-corrected chi connectivity index (χ4v) is 2.97. The van der Waals surface area contributed by atoms with Crippen molar-refractivity contribution in [2.24, 2.45) is 0 Å². The van der Waals surface area contributed by atoms with Gasteiger partial charge in [0.05, 0.1) is 6.61 Å². The molecular formula is C18H26N2O4. The average molecular weight is 334 g/mol. The first kappa shape index (κ1) is 18.1. The van der Waals surface area contributed by atoms with Gasteiger partial charge in [0.1, 0.15) is 5.75 Å². The zero-order valence-electron chi connectivity index (χ0n) is 14.9. The summed E-state index contributed by atoms with van der Waals surface area (Å²) in [5.41, 5.74) is 3.25. The molecule has 0 aliphatic carbocycles. The van der Waals surface area contributed by atoms with Crippen molar-refractivity contribution in [1.29, 1.82) is 0 Å². The first-order valence-corrected chi connectivity index (χ1v) is 8.32. The van der Waals surface area contributed by atoms with E-state index >= 15 is 0 Å². The Morgan fingerprint density at radius 1 is 1.00 bits per heavy atom. The van der Waals surface area contributed by atoms with Crippen molar-refractivity contribution in [2.45, 2.75) is 27.7 Å². The summed E-state index contributed by atoms with van der Waals surface area (Å²) >= 11 is 0. The molecule has 1 aromatic carbocycles. The summed E-state index contributed by atoms with van der Waals surface area (Å²) in [4.78, 5) is 27.4. The third-order valence-electron chi connectivity index (χ3n) is 4.10. The Balaban J connectivity index is 1.85. The number of amides is 2. The van der Waals surface area contributed by atoms with Crippen molar-refractivity contribution in [3.8, 4) is 5.75 Å². The van der Waals surface area contributed by atoms with E-state index in [-0.39, 0.29) is 18.6 Å². The van der Waals surface area contributed by atoms with Gasteiger partial charge in [-0.1, -0.05) is 17.7 Å². The van der Waals surface area contributed by atoms with Gasteiger partial charge in [-0.3, -0.25) is 4.79 Å². The van der Waals surface area contributed by atoms with Gasteiger partial charge in [0.25, 0.3) is 5.91 Å². The van der Waals surface area contributed by atoms with Crippen LogP contribution in [0.3, 0.4) is 0 Å². The number of carbonyl (C=O) groups is 2. The predicted molar refractivity (Wildman–Crippen MR) is 91.3 cm³/mol. The molecule has 0 saturated carbocycles. The fourth-order valence-electron chi connectivity index (χ4n) is 2.97. The molecule has 1 saturated heterocycles. The third kappa shape index (κ3) is 4.40. The highest BCUT2D eigenvalue weighted by Gasteiger charge is 2.25. The van der Waals surface area contributed by atoms with E-state index < -0.39 is 0 Å². The first-order valence-electron chi connectivity index (χ1n) is 8.32. The van der Waals surface area contributed by atoms with E-state index in [9.17, 15) is 9.59 Å². The van der Waals surface area contributed by atoms with E-state index in [2.05, 4.69) is 0 Å². The zero-order chi connectivity index (χ0) is 17.7. The van der Waals surface area contributed by atoms with Crippen molar-refractivity contribution in [1.82, 2.24) is 9.80 Å². The first-order chi connectivity index (χ1) is 11.4. The quantitative estimate of drug-likeness (QED) is 0.848. The van der Waals surface area contributed by atoms with Crippen LogP contribution >= 0.6 is 0 Å². The molecule has 1 heterocycles. The maximum absolute atomic E-state index is 12.3. The van der Waals surface area contributed by atoms with E-state index in [1.54, 1.807) is 16.7 Å². The van der Waals surface area contributed by atoms with Crippen LogP contribution in [0.5, 0.6) is 5.75 Å². The molecule has 6 nitrogen and oxygen atoms in total. The highest BCUT2D eigenvalue weighted by atomic mass is 16.6. The number of aryl methyl sites for hydroxylation is 3. The van der Waals surface area contributed by atoms with Crippen LogP contribution in [0.15, 0.2) is 12.1 Å². The Labute approximate surface area is 143 Å². The molecule has 0 atom stereocenters. The smallest absolute Gasteiger partial charge is 0.409 e. The molecule has 0 unspecified atom stereocenters. The number of rotatable bonds is 4. The van der Waals surface area contributed by atoms with Crippen LogP contribution in [-0.4, -0.2) is 61.2 Å². The van der Waals surface area contributed by atoms with E-state index in [4.69, 9.17) is 9.47 Å². The molecule has 1 aromatic rings. The minimum atomic E-state index is -0.313. The second-order valence-electron chi connectivity index (χ2n) is 6.08. The van der Waals surface area contributed by atoms with Gasteiger partial charge in [-0.25, -0.2) is 4.79 Å². The van der Waals surface area contributed by atoms with E-state index in [0.717, 1.165) is 16.9 Å². The zero-order valence-corrected chi connectivity index (χ0v) is 14.9. The van der Waals surface area contributed by atoms with Crippen LogP contribution in [0.25, 0.3) is 0 Å². The van der Waals surface area contributed by atoms with Crippen LogP contribution in [-0.2, 0) is 9.53 Å². The lowest BCUT2D eigenvalue weighted by Crippen LogP contribution is -2.51. The number of hydrogen-bond acceptors (Lipinski definition) is 4. The lowest BCUT2D eigenvalue weighted by molar-refractivity contribution is -0.135. The topological polar surface area (TPSA) is 59.1 Å². The normalized spacial score (nSPS) is 14.5. The molecule has 1 aliphatic rings. The van der Waals surface area contributed by atoms with Crippen molar-refractivity contribution in [3.05, 3.63) is 28.8 Å². The van der Waals surface area contributed by atoms with Gasteiger partial charge in [0, 0.05) is 26.2 Å². The lowest BCUT2D eigenvalue weighted by Gasteiger charge is -2.34. The molecule has 0 N–H and O–H groups in total. The van der Waals surface area contributed by atoms with Crippen LogP contribution in [0.1, 0.15) is 23.6 Å². The van der Waals surface area contributed by atoms with Crippen molar-refractivity contribution < 1.29 is 19.1 Å². The summed E-state index contributed by atoms with van der Waals surface area (Å²) in [5.74, 6) is 0.719. The maximum atomic E-state index is 12.3. The fraction of sp³-hybridized carbons (Fsp3) is 0.556. The Kier molecular flexibility index (Phi) is 6.06. The second-order valence-corrected chi connectivity index (χ2v) is 6.08. The molecule has 1 aliphatic heterocycles. The van der Waals surface area contributed by atoms with Crippen molar-refractivity contribution in [2.75, 3.05) is 39.4 Å². The lowest BCUT2D eigenvalue weighted by atomic mass is 10.1. The number of piperazine rings is 1. The highest BCUT2D eigenvalue weighted by Crippen LogP contribution is 2.24. The minimum Gasteiger partial charge on any atom is -0.483 e. The number of ether oxygens (including phenoxy) is 2. The Morgan fingerprint density at radius 2 is 1.54 bits per heavy atom. The largest absolute Gasteiger partial charge is 0.483 e. The molecule has 0 spiro atoms. The van der Waals surface area contributed by atoms with Crippen LogP contribution in [0.2, 0.25) is 0 Å². The standard InChI is InChI=1S/C18H26N2O4/c1-5-23-18(22)20-8-6-19(7-9-20)16(21)12-24-17-14(3)10-13(2)11-15(17)4/h10-11H,5-9,12H2,1-4H3. The summed E-state index contributed by atoms with van der Waals surface area (Å²) in [6.07, 6.45) is -0.313. The molecule has 2 amide bonds. The molecule has 1 fully saturated rings. The number of nitrogens with zero attached hydrogens (tertiary/aromatic N) is 2. The molecule has 0 aromatic heterocycles. The minimum absolute atomic E-state index is 0.0180. The molecular weight excluding hydrogens is 308 g/mol. The number of benzene rings is 1. The van der Waals surface area contributed by atoms with Crippen LogP contribution in [0.4, 0.5) is 4.79 Å². The Hall–Kier alpha value is -2.24. The monoisotopic (exact) mass is 334 g/mol. The van der Waals surface area contributed by atoms with Crippen LogP contribution < -0.4 is 4.74 Å². The van der Waals surface area contributed by atoms with E-state index in [1.165, 1.54) is 5.56 Å². The van der Waals surface area contributed by atoms with Gasteiger partial charge in [-0.05, 0) is 38.8 Å². The molecule has 0 bridgehead atoms. The Bertz CT molecular complexity index is 584. The van der Waals surface area contributed by atoms with Crippen molar-refractivity contribution in [3.63, 3.8) is 0 Å². The van der Waals surface area contributed by atoms with Crippen molar-refractivity contribution >= 4 is 12.0 Å². The van der Waals surface area contributed by atoms with Gasteiger partial charge in [0.2, 0.25) is 0 Å². The van der Waals surface area contributed by atoms with Gasteiger partial charge in [-0.15, -0.1) is 0 Å². The van der Waals surface area contributed by atoms with Gasteiger partial charge in [-0.2, -0.15) is 0 Å². The van der Waals surface area contributed by atoms with E-state index in [0.29, 0.717) is 32.8 Å². The Morgan fingerprint density at radius 3 is 2.08 bits per heavy atom. The summed E-state index contributed by atoms with van der Waals surface area (Å²) in [6, 6.07) is 4.09. The molecule has 2 rings (SSSR count). The third-order valence-corrected chi connectivity index (χ3v) is 4.10. The predicted octanol–water partition coefficient (Wildman–Crippen LogP) is 2.29. The van der Waals surface area contributed by atoms with Crippen LogP contribution in [0, 0.1) is 20.8 Å². The number of carbonyl (C=O) groups excluding carboxylic acids is 2. The average Bonchev–Trinajstić information content (AvgIpc) is 2.54. The number of hydrogen-bond donors (Lipinski definition) is 0. The second kappa shape index (κ2) is 8.04. The maximum Gasteiger partial charge on any atom is 0.409 e. The summed E-state index contributed by atoms with van der Waals surface area (Å²) in [7, 11) is 0. The summed E-state index contributed by atoms with van der Waals surface area (Å²) in [5, 5.41) is 0. The molecule has 0 radical (unpaired) electrons. The summed E-state index contributed by atoms with van der Waals surface area (Å²) in [6.45, 7) is 10.2. The SMILES string of the molecule is CCOC(=O)N1CCN(C(=O)COc2c(C)cc(C)cc2C)CC1. The van der Waals surface area contributed by atoms with Gasteiger partial charge < -0.3 is 19.3 Å². The summed E-state index contributed by atoms with van der Waals surface area (Å²) < 4.78 is 10.7. The highest BCUT2D eigenvalue weighted by molar-refractivity contribution is 5.78. The molecule has 24 heavy (non-hydrogen) atoms. The molecule has 6 heteroatoms.